The highest BCUT2D eigenvalue weighted by Crippen LogP contribution is 2.24. The number of amides is 1. The summed E-state index contributed by atoms with van der Waals surface area (Å²) in [4.78, 5) is 12.2. The molecule has 3 aromatic carbocycles. The lowest BCUT2D eigenvalue weighted by molar-refractivity contribution is -0.123. The summed E-state index contributed by atoms with van der Waals surface area (Å²) in [5, 5.41) is 2.91. The second kappa shape index (κ2) is 11.0. The second-order valence-corrected chi connectivity index (χ2v) is 9.67. The molecule has 6 nitrogen and oxygen atoms in total. The van der Waals surface area contributed by atoms with Crippen molar-refractivity contribution < 1.29 is 22.3 Å². The molecule has 0 unspecified atom stereocenters. The summed E-state index contributed by atoms with van der Waals surface area (Å²) in [5.41, 5.74) is 1.63. The van der Waals surface area contributed by atoms with Gasteiger partial charge in [0.25, 0.3) is 15.9 Å². The Morgan fingerprint density at radius 3 is 2.27 bits per heavy atom. The summed E-state index contributed by atoms with van der Waals surface area (Å²) >= 11 is 0. The largest absolute Gasteiger partial charge is 0.484 e. The maximum atomic E-state index is 13.1. The third-order valence-corrected chi connectivity index (χ3v) is 6.96. The number of hydrogen-bond donors (Lipinski definition) is 1. The van der Waals surface area contributed by atoms with E-state index in [2.05, 4.69) is 17.4 Å². The van der Waals surface area contributed by atoms with E-state index in [4.69, 9.17) is 4.74 Å². The van der Waals surface area contributed by atoms with Gasteiger partial charge in [-0.3, -0.25) is 9.10 Å². The van der Waals surface area contributed by atoms with E-state index >= 15 is 0 Å². The van der Waals surface area contributed by atoms with Crippen LogP contribution in [0.25, 0.3) is 0 Å². The lowest BCUT2D eigenvalue weighted by Crippen LogP contribution is -2.36. The number of hydrogen-bond acceptors (Lipinski definition) is 4. The summed E-state index contributed by atoms with van der Waals surface area (Å²) in [7, 11) is -2.41. The first-order valence-electron chi connectivity index (χ1n) is 10.6. The summed E-state index contributed by atoms with van der Waals surface area (Å²) in [6, 6.07) is 21.1. The van der Waals surface area contributed by atoms with Crippen LogP contribution in [0.15, 0.2) is 83.8 Å². The van der Waals surface area contributed by atoms with Crippen LogP contribution in [0.3, 0.4) is 0 Å². The zero-order valence-corrected chi connectivity index (χ0v) is 19.4. The molecule has 0 heterocycles. The van der Waals surface area contributed by atoms with Crippen LogP contribution in [-0.4, -0.2) is 34.0 Å². The SMILES string of the molecule is C[C@H](CCc1ccccc1)NC(=O)COc1ccc(N(C)S(=O)(=O)c2ccc(F)cc2)cc1. The molecule has 0 aliphatic rings. The first-order chi connectivity index (χ1) is 15.8. The fourth-order valence-electron chi connectivity index (χ4n) is 3.22. The van der Waals surface area contributed by atoms with Crippen molar-refractivity contribution in [3.63, 3.8) is 0 Å². The average molecular weight is 471 g/mol. The van der Waals surface area contributed by atoms with E-state index in [1.807, 2.05) is 25.1 Å². The number of carbonyl (C=O) groups excluding carboxylic acids is 1. The van der Waals surface area contributed by atoms with Gasteiger partial charge in [0, 0.05) is 13.1 Å². The number of ether oxygens (including phenoxy) is 1. The Morgan fingerprint density at radius 2 is 1.64 bits per heavy atom. The van der Waals surface area contributed by atoms with Crippen LogP contribution in [0.2, 0.25) is 0 Å². The Morgan fingerprint density at radius 1 is 1.00 bits per heavy atom. The van der Waals surface area contributed by atoms with Gasteiger partial charge in [-0.15, -0.1) is 0 Å². The molecule has 0 saturated heterocycles. The molecule has 0 radical (unpaired) electrons. The quantitative estimate of drug-likeness (QED) is 0.483. The molecular formula is C25H27FN2O4S. The van der Waals surface area contributed by atoms with E-state index in [0.717, 1.165) is 29.3 Å². The number of halogens is 1. The number of anilines is 1. The molecule has 0 aromatic heterocycles. The van der Waals surface area contributed by atoms with E-state index in [1.165, 1.54) is 24.7 Å². The Balaban J connectivity index is 1.49. The predicted molar refractivity (Wildman–Crippen MR) is 126 cm³/mol. The molecule has 0 fully saturated rings. The minimum atomic E-state index is -3.82. The first kappa shape index (κ1) is 24.3. The van der Waals surface area contributed by atoms with Gasteiger partial charge in [-0.1, -0.05) is 30.3 Å². The molecular weight excluding hydrogens is 443 g/mol. The zero-order chi connectivity index (χ0) is 23.8. The Bertz CT molecular complexity index is 1150. The molecule has 3 aromatic rings. The molecule has 0 saturated carbocycles. The van der Waals surface area contributed by atoms with Crippen molar-refractivity contribution in [2.24, 2.45) is 0 Å². The number of carbonyl (C=O) groups is 1. The highest BCUT2D eigenvalue weighted by Gasteiger charge is 2.21. The number of rotatable bonds is 10. The Hall–Kier alpha value is -3.39. The van der Waals surface area contributed by atoms with Crippen molar-refractivity contribution in [2.75, 3.05) is 18.0 Å². The summed E-state index contributed by atoms with van der Waals surface area (Å²) < 4.78 is 45.2. The third kappa shape index (κ3) is 6.79. The molecule has 174 valence electrons. The van der Waals surface area contributed by atoms with Gasteiger partial charge in [0.2, 0.25) is 0 Å². The molecule has 33 heavy (non-hydrogen) atoms. The van der Waals surface area contributed by atoms with Gasteiger partial charge < -0.3 is 10.1 Å². The smallest absolute Gasteiger partial charge is 0.264 e. The highest BCUT2D eigenvalue weighted by atomic mass is 32.2. The van der Waals surface area contributed by atoms with Gasteiger partial charge in [-0.2, -0.15) is 0 Å². The van der Waals surface area contributed by atoms with Crippen LogP contribution in [-0.2, 0) is 21.2 Å². The Kier molecular flexibility index (Phi) is 8.06. The number of sulfonamides is 1. The first-order valence-corrected chi connectivity index (χ1v) is 12.0. The molecule has 8 heteroatoms. The molecule has 0 spiro atoms. The van der Waals surface area contributed by atoms with Gasteiger partial charge in [-0.25, -0.2) is 12.8 Å². The minimum absolute atomic E-state index is 0.00833. The van der Waals surface area contributed by atoms with Gasteiger partial charge in [0.05, 0.1) is 10.6 Å². The van der Waals surface area contributed by atoms with Crippen LogP contribution in [0.1, 0.15) is 18.9 Å². The maximum Gasteiger partial charge on any atom is 0.264 e. The van der Waals surface area contributed by atoms with Crippen LogP contribution in [0, 0.1) is 5.82 Å². The monoisotopic (exact) mass is 470 g/mol. The fraction of sp³-hybridized carbons (Fsp3) is 0.240. The Labute approximate surface area is 194 Å². The van der Waals surface area contributed by atoms with E-state index in [9.17, 15) is 17.6 Å². The number of nitrogens with zero attached hydrogens (tertiary/aromatic N) is 1. The number of aryl methyl sites for hydroxylation is 1. The fourth-order valence-corrected chi connectivity index (χ4v) is 4.42. The van der Waals surface area contributed by atoms with Gasteiger partial charge in [0.15, 0.2) is 6.61 Å². The molecule has 0 bridgehead atoms. The highest BCUT2D eigenvalue weighted by molar-refractivity contribution is 7.92. The lowest BCUT2D eigenvalue weighted by Gasteiger charge is -2.20. The van der Waals surface area contributed by atoms with Crippen molar-refractivity contribution in [2.45, 2.75) is 30.7 Å². The molecule has 1 atom stereocenters. The van der Waals surface area contributed by atoms with Crippen molar-refractivity contribution >= 4 is 21.6 Å². The molecule has 0 aliphatic carbocycles. The van der Waals surface area contributed by atoms with Gasteiger partial charge in [-0.05, 0) is 73.9 Å². The predicted octanol–water partition coefficient (Wildman–Crippen LogP) is 4.17. The standard InChI is InChI=1S/C25H27FN2O4S/c1-19(8-9-20-6-4-3-5-7-20)27-25(29)18-32-23-14-12-22(13-15-23)28(2)33(30,31)24-16-10-21(26)11-17-24/h3-7,10-17,19H,8-9,18H2,1-2H3,(H,27,29)/t19-/m1/s1. The number of benzene rings is 3. The normalized spacial score (nSPS) is 12.1. The maximum absolute atomic E-state index is 13.1. The van der Waals surface area contributed by atoms with Crippen molar-refractivity contribution in [3.8, 4) is 5.75 Å². The lowest BCUT2D eigenvalue weighted by atomic mass is 10.1. The van der Waals surface area contributed by atoms with Crippen LogP contribution >= 0.6 is 0 Å². The van der Waals surface area contributed by atoms with Crippen LogP contribution < -0.4 is 14.4 Å². The van der Waals surface area contributed by atoms with Crippen molar-refractivity contribution in [1.82, 2.24) is 5.32 Å². The topological polar surface area (TPSA) is 75.7 Å². The van der Waals surface area contributed by atoms with E-state index in [0.29, 0.717) is 11.4 Å². The molecule has 3 rings (SSSR count). The van der Waals surface area contributed by atoms with Crippen molar-refractivity contribution in [3.05, 3.63) is 90.2 Å². The second-order valence-electron chi connectivity index (χ2n) is 7.70. The van der Waals surface area contributed by atoms with E-state index in [1.54, 1.807) is 24.3 Å². The third-order valence-electron chi connectivity index (χ3n) is 5.16. The minimum Gasteiger partial charge on any atom is -0.484 e. The molecule has 1 amide bonds. The molecule has 1 N–H and O–H groups in total. The molecule has 0 aliphatic heterocycles. The van der Waals surface area contributed by atoms with E-state index in [-0.39, 0.29) is 23.5 Å². The zero-order valence-electron chi connectivity index (χ0n) is 18.6. The van der Waals surface area contributed by atoms with Gasteiger partial charge >= 0.3 is 0 Å². The van der Waals surface area contributed by atoms with Crippen molar-refractivity contribution in [1.29, 1.82) is 0 Å². The summed E-state index contributed by atoms with van der Waals surface area (Å²) in [5.74, 6) is -0.290. The van der Waals surface area contributed by atoms with E-state index < -0.39 is 15.8 Å². The van der Waals surface area contributed by atoms with Crippen LogP contribution in [0.4, 0.5) is 10.1 Å². The average Bonchev–Trinajstić information content (AvgIpc) is 2.82. The summed E-state index contributed by atoms with van der Waals surface area (Å²) in [6.45, 7) is 1.81. The van der Waals surface area contributed by atoms with Gasteiger partial charge in [0.1, 0.15) is 11.6 Å². The number of nitrogens with one attached hydrogen (secondary N) is 1. The van der Waals surface area contributed by atoms with Crippen LogP contribution in [0.5, 0.6) is 5.75 Å². The summed E-state index contributed by atoms with van der Waals surface area (Å²) in [6.07, 6.45) is 1.69.